The van der Waals surface area contributed by atoms with Crippen LogP contribution in [0.5, 0.6) is 0 Å². The first-order valence-corrected chi connectivity index (χ1v) is 3.15. The summed E-state index contributed by atoms with van der Waals surface area (Å²) in [6.45, 7) is 0. The number of hydrogen-bond acceptors (Lipinski definition) is 2. The van der Waals surface area contributed by atoms with E-state index in [1.165, 1.54) is 12.2 Å². The maximum Gasteiger partial charge on any atom is 0.214 e. The number of rotatable bonds is 3. The van der Waals surface area contributed by atoms with Crippen molar-refractivity contribution in [1.29, 1.82) is 0 Å². The highest BCUT2D eigenvalue weighted by atomic mass is 127. The molecule has 44 valence electrons. The highest BCUT2D eigenvalue weighted by Crippen LogP contribution is 1.87. The number of aldehydes is 1. The molecule has 0 bridgehead atoms. The maximum absolute atomic E-state index is 10.1. The van der Waals surface area contributed by atoms with Crippen molar-refractivity contribution in [2.24, 2.45) is 0 Å². The van der Waals surface area contributed by atoms with Crippen LogP contribution in [0.2, 0.25) is 0 Å². The van der Waals surface area contributed by atoms with Crippen LogP contribution in [-0.2, 0) is 9.59 Å². The topological polar surface area (TPSA) is 34.1 Å². The van der Waals surface area contributed by atoms with Crippen LogP contribution >= 0.6 is 22.6 Å². The second-order valence-corrected chi connectivity index (χ2v) is 2.17. The van der Waals surface area contributed by atoms with E-state index in [2.05, 4.69) is 0 Å². The van der Waals surface area contributed by atoms with Crippen LogP contribution in [0.4, 0.5) is 0 Å². The summed E-state index contributed by atoms with van der Waals surface area (Å²) in [4.78, 5) is 19.7. The summed E-state index contributed by atoms with van der Waals surface area (Å²) in [5.41, 5.74) is 0. The smallest absolute Gasteiger partial charge is 0.214 e. The Morgan fingerprint density at radius 3 is 2.62 bits per heavy atom. The minimum absolute atomic E-state index is 0.0514. The lowest BCUT2D eigenvalue weighted by Gasteiger charge is -1.72. The van der Waals surface area contributed by atoms with E-state index in [1.807, 2.05) is 0 Å². The van der Waals surface area contributed by atoms with E-state index in [1.54, 1.807) is 22.6 Å². The minimum atomic E-state index is -0.0514. The van der Waals surface area contributed by atoms with Crippen LogP contribution in [0.25, 0.3) is 0 Å². The fourth-order valence-corrected chi connectivity index (χ4v) is 0.471. The Labute approximate surface area is 61.1 Å². The lowest BCUT2D eigenvalue weighted by molar-refractivity contribution is -0.107. The van der Waals surface area contributed by atoms with Gasteiger partial charge >= 0.3 is 0 Å². The van der Waals surface area contributed by atoms with Crippen LogP contribution in [-0.4, -0.2) is 10.1 Å². The number of halogens is 1. The highest BCUT2D eigenvalue weighted by Gasteiger charge is 1.80. The lowest BCUT2D eigenvalue weighted by atomic mass is 10.4. The van der Waals surface area contributed by atoms with Gasteiger partial charge in [-0.05, 0) is 6.08 Å². The van der Waals surface area contributed by atoms with Gasteiger partial charge < -0.3 is 4.79 Å². The predicted molar refractivity (Wildman–Crippen MR) is 38.8 cm³/mol. The summed E-state index contributed by atoms with van der Waals surface area (Å²) in [7, 11) is 0. The minimum Gasteiger partial charge on any atom is -0.303 e. The Morgan fingerprint density at radius 1 is 1.62 bits per heavy atom. The van der Waals surface area contributed by atoms with Gasteiger partial charge in [-0.1, -0.05) is 6.08 Å². The number of carbonyl (C=O) groups is 2. The van der Waals surface area contributed by atoms with Crippen LogP contribution in [0.15, 0.2) is 12.2 Å². The van der Waals surface area contributed by atoms with E-state index < -0.39 is 0 Å². The molecule has 0 radical (unpaired) electrons. The molecule has 3 heteroatoms. The zero-order valence-corrected chi connectivity index (χ0v) is 6.29. The molecular formula is C5H5IO2. The summed E-state index contributed by atoms with van der Waals surface area (Å²) in [6, 6.07) is 0. The van der Waals surface area contributed by atoms with Gasteiger partial charge in [-0.25, -0.2) is 0 Å². The molecule has 0 aliphatic rings. The van der Waals surface area contributed by atoms with Crippen molar-refractivity contribution in [1.82, 2.24) is 0 Å². The molecule has 2 nitrogen and oxygen atoms in total. The highest BCUT2D eigenvalue weighted by molar-refractivity contribution is 14.1. The molecule has 0 aliphatic carbocycles. The molecule has 0 spiro atoms. The molecule has 8 heavy (non-hydrogen) atoms. The summed E-state index contributed by atoms with van der Waals surface area (Å²) in [6.07, 6.45) is 3.97. The first-order chi connectivity index (χ1) is 3.77. The molecule has 0 aliphatic heterocycles. The Hall–Kier alpha value is -0.190. The Kier molecular flexibility index (Phi) is 4.84. The fourth-order valence-electron chi connectivity index (χ4n) is 0.216. The Bertz CT molecular complexity index is 118. The predicted octanol–water partition coefficient (Wildman–Crippen LogP) is 1.09. The van der Waals surface area contributed by atoms with Crippen LogP contribution in [0.3, 0.4) is 0 Å². The molecule has 0 aromatic rings. The first kappa shape index (κ1) is 7.81. The van der Waals surface area contributed by atoms with Crippen LogP contribution in [0, 0.1) is 0 Å². The molecule has 0 fully saturated rings. The maximum atomic E-state index is 10.1. The lowest BCUT2D eigenvalue weighted by Crippen LogP contribution is -1.73. The quantitative estimate of drug-likeness (QED) is 0.311. The third kappa shape index (κ3) is 5.81. The molecule has 0 aromatic carbocycles. The summed E-state index contributed by atoms with van der Waals surface area (Å²) in [5.74, 6) is 0. The number of carbonyl (C=O) groups excluding carboxylic acids is 2. The summed E-state index contributed by atoms with van der Waals surface area (Å²) < 4.78 is -0.0514. The van der Waals surface area contributed by atoms with Gasteiger partial charge in [0.2, 0.25) is 3.79 Å². The van der Waals surface area contributed by atoms with E-state index in [9.17, 15) is 9.59 Å². The van der Waals surface area contributed by atoms with Gasteiger partial charge in [-0.15, -0.1) is 0 Å². The molecule has 0 amide bonds. The van der Waals surface area contributed by atoms with Crippen molar-refractivity contribution < 1.29 is 9.59 Å². The molecule has 0 rings (SSSR count). The molecule has 0 atom stereocenters. The van der Waals surface area contributed by atoms with Gasteiger partial charge in [-0.2, -0.15) is 0 Å². The van der Waals surface area contributed by atoms with E-state index in [-0.39, 0.29) is 3.79 Å². The molecule has 0 saturated carbocycles. The fraction of sp³-hybridized carbons (Fsp3) is 0.200. The van der Waals surface area contributed by atoms with E-state index in [0.717, 1.165) is 6.29 Å². The average molecular weight is 224 g/mol. The Balaban J connectivity index is 3.34. The molecule has 0 aromatic heterocycles. The normalized spacial score (nSPS) is 9.62. The first-order valence-electron chi connectivity index (χ1n) is 2.07. The zero-order chi connectivity index (χ0) is 6.41. The second-order valence-electron chi connectivity index (χ2n) is 1.11. The van der Waals surface area contributed by atoms with Gasteiger partial charge in [-0.3, -0.25) is 4.79 Å². The molecule has 0 unspecified atom stereocenters. The van der Waals surface area contributed by atoms with Crippen molar-refractivity contribution in [3.8, 4) is 0 Å². The van der Waals surface area contributed by atoms with E-state index in [0.29, 0.717) is 6.42 Å². The summed E-state index contributed by atoms with van der Waals surface area (Å²) in [5, 5.41) is 0. The molecular weight excluding hydrogens is 219 g/mol. The standard InChI is InChI=1S/C5H5IO2/c6-5(8)3-1-2-4-7/h1,3-4H,2H2/b3-1+. The van der Waals surface area contributed by atoms with Gasteiger partial charge in [0, 0.05) is 29.0 Å². The van der Waals surface area contributed by atoms with Gasteiger partial charge in [0.15, 0.2) is 0 Å². The van der Waals surface area contributed by atoms with Gasteiger partial charge in [0.05, 0.1) is 0 Å². The number of allylic oxidation sites excluding steroid dienone is 2. The molecule has 0 N–H and O–H groups in total. The Morgan fingerprint density at radius 2 is 2.25 bits per heavy atom. The average Bonchev–Trinajstić information content (AvgIpc) is 1.66. The number of hydrogen-bond donors (Lipinski definition) is 0. The largest absolute Gasteiger partial charge is 0.303 e. The SMILES string of the molecule is O=CC/C=C/C(=O)I. The monoisotopic (exact) mass is 224 g/mol. The second kappa shape index (κ2) is 4.96. The van der Waals surface area contributed by atoms with Crippen molar-refractivity contribution in [3.05, 3.63) is 12.2 Å². The van der Waals surface area contributed by atoms with E-state index >= 15 is 0 Å². The van der Waals surface area contributed by atoms with Crippen LogP contribution < -0.4 is 0 Å². The third-order valence-corrected chi connectivity index (χ3v) is 0.841. The zero-order valence-electron chi connectivity index (χ0n) is 4.13. The molecule has 0 heterocycles. The summed E-state index contributed by atoms with van der Waals surface area (Å²) >= 11 is 1.64. The molecule has 0 saturated heterocycles. The van der Waals surface area contributed by atoms with Gasteiger partial charge in [0.1, 0.15) is 6.29 Å². The third-order valence-electron chi connectivity index (χ3n) is 0.481. The van der Waals surface area contributed by atoms with E-state index in [4.69, 9.17) is 0 Å². The van der Waals surface area contributed by atoms with Gasteiger partial charge in [0.25, 0.3) is 0 Å². The van der Waals surface area contributed by atoms with Crippen molar-refractivity contribution in [3.63, 3.8) is 0 Å². The van der Waals surface area contributed by atoms with Crippen molar-refractivity contribution in [2.45, 2.75) is 6.42 Å². The van der Waals surface area contributed by atoms with Crippen molar-refractivity contribution >= 4 is 32.7 Å². The van der Waals surface area contributed by atoms with Crippen LogP contribution in [0.1, 0.15) is 6.42 Å². The van der Waals surface area contributed by atoms with Crippen molar-refractivity contribution in [2.75, 3.05) is 0 Å².